The predicted molar refractivity (Wildman–Crippen MR) is 85.9 cm³/mol. The van der Waals surface area contributed by atoms with Crippen LogP contribution < -0.4 is 16.6 Å². The Balaban J connectivity index is 2.09. The third kappa shape index (κ3) is 3.99. The second-order valence-corrected chi connectivity index (χ2v) is 6.10. The average Bonchev–Trinajstić information content (AvgIpc) is 2.53. The van der Waals surface area contributed by atoms with Gasteiger partial charge in [0.05, 0.1) is 0 Å². The first-order chi connectivity index (χ1) is 9.76. The van der Waals surface area contributed by atoms with Crippen molar-refractivity contribution in [1.82, 2.24) is 9.97 Å². The molecule has 0 bridgehead atoms. The largest absolute Gasteiger partial charge is 0.367 e. The van der Waals surface area contributed by atoms with E-state index < -0.39 is 0 Å². The van der Waals surface area contributed by atoms with Gasteiger partial charge >= 0.3 is 0 Å². The number of nitrogens with two attached hydrogens (primary N) is 1. The molecule has 1 unspecified atom stereocenters. The van der Waals surface area contributed by atoms with Crippen molar-refractivity contribution in [2.75, 3.05) is 17.0 Å². The van der Waals surface area contributed by atoms with E-state index in [1.807, 2.05) is 12.3 Å². The van der Waals surface area contributed by atoms with Crippen molar-refractivity contribution < 1.29 is 0 Å². The summed E-state index contributed by atoms with van der Waals surface area (Å²) in [4.78, 5) is 8.82. The highest BCUT2D eigenvalue weighted by atomic mass is 32.2. The maximum Gasteiger partial charge on any atom is 0.191 e. The molecule has 5 nitrogen and oxygen atoms in total. The first-order valence-electron chi connectivity index (χ1n) is 7.43. The van der Waals surface area contributed by atoms with E-state index in [2.05, 4.69) is 27.6 Å². The summed E-state index contributed by atoms with van der Waals surface area (Å²) in [6, 6.07) is 2.37. The number of hydrogen-bond acceptors (Lipinski definition) is 6. The summed E-state index contributed by atoms with van der Waals surface area (Å²) in [5.74, 6) is 7.76. The summed E-state index contributed by atoms with van der Waals surface area (Å²) < 4.78 is 0. The number of nitrogens with one attached hydrogen (secondary N) is 2. The molecule has 6 heteroatoms. The molecule has 1 aliphatic carbocycles. The van der Waals surface area contributed by atoms with Crippen LogP contribution in [-0.4, -0.2) is 22.3 Å². The SMILES string of the molecule is CCC(Nc1cc(NN)nc(SC)n1)C1CCCCC1. The van der Waals surface area contributed by atoms with Crippen molar-refractivity contribution in [2.24, 2.45) is 11.8 Å². The topological polar surface area (TPSA) is 75.9 Å². The van der Waals surface area contributed by atoms with Crippen molar-refractivity contribution in [3.63, 3.8) is 0 Å². The molecule has 0 spiro atoms. The van der Waals surface area contributed by atoms with E-state index in [0.29, 0.717) is 11.9 Å². The van der Waals surface area contributed by atoms with Gasteiger partial charge in [-0.25, -0.2) is 15.8 Å². The van der Waals surface area contributed by atoms with Crippen LogP contribution in [0.4, 0.5) is 11.6 Å². The first kappa shape index (κ1) is 15.4. The maximum atomic E-state index is 5.47. The third-order valence-electron chi connectivity index (χ3n) is 4.03. The fourth-order valence-electron chi connectivity index (χ4n) is 2.94. The molecule has 0 aliphatic heterocycles. The van der Waals surface area contributed by atoms with Gasteiger partial charge in [-0.05, 0) is 31.4 Å². The van der Waals surface area contributed by atoms with E-state index in [1.54, 1.807) is 0 Å². The molecule has 1 fully saturated rings. The molecule has 1 saturated carbocycles. The summed E-state index contributed by atoms with van der Waals surface area (Å²) in [7, 11) is 0. The molecule has 0 aromatic carbocycles. The second kappa shape index (κ2) is 7.69. The zero-order valence-electron chi connectivity index (χ0n) is 12.4. The smallest absolute Gasteiger partial charge is 0.191 e. The molecular weight excluding hydrogens is 270 g/mol. The fraction of sp³-hybridized carbons (Fsp3) is 0.714. The van der Waals surface area contributed by atoms with Crippen LogP contribution in [0.1, 0.15) is 45.4 Å². The standard InChI is InChI=1S/C14H25N5S/c1-3-11(10-7-5-4-6-8-10)16-12-9-13(19-15)18-14(17-12)20-2/h9-11H,3-8,15H2,1-2H3,(H2,16,17,18,19). The van der Waals surface area contributed by atoms with Crippen LogP contribution in [0.2, 0.25) is 0 Å². The molecule has 0 amide bonds. The van der Waals surface area contributed by atoms with Crippen LogP contribution in [0, 0.1) is 5.92 Å². The Morgan fingerprint density at radius 1 is 1.30 bits per heavy atom. The van der Waals surface area contributed by atoms with Crippen LogP contribution in [0.5, 0.6) is 0 Å². The lowest BCUT2D eigenvalue weighted by Gasteiger charge is -2.30. The number of rotatable bonds is 6. The Hall–Kier alpha value is -1.01. The van der Waals surface area contributed by atoms with Gasteiger partial charge in [0.25, 0.3) is 0 Å². The highest BCUT2D eigenvalue weighted by Gasteiger charge is 2.22. The van der Waals surface area contributed by atoms with Gasteiger partial charge in [0.2, 0.25) is 0 Å². The van der Waals surface area contributed by atoms with Gasteiger partial charge in [0, 0.05) is 12.1 Å². The predicted octanol–water partition coefficient (Wildman–Crippen LogP) is 3.25. The van der Waals surface area contributed by atoms with Crippen molar-refractivity contribution >= 4 is 23.4 Å². The maximum absolute atomic E-state index is 5.47. The number of anilines is 2. The second-order valence-electron chi connectivity index (χ2n) is 5.33. The third-order valence-corrected chi connectivity index (χ3v) is 4.58. The highest BCUT2D eigenvalue weighted by Crippen LogP contribution is 2.29. The molecule has 112 valence electrons. The molecule has 0 radical (unpaired) electrons. The van der Waals surface area contributed by atoms with E-state index in [1.165, 1.54) is 43.9 Å². The molecule has 20 heavy (non-hydrogen) atoms. The Labute approximate surface area is 125 Å². The Kier molecular flexibility index (Phi) is 5.91. The molecule has 1 heterocycles. The summed E-state index contributed by atoms with van der Waals surface area (Å²) in [5, 5.41) is 4.33. The van der Waals surface area contributed by atoms with E-state index >= 15 is 0 Å². The Morgan fingerprint density at radius 2 is 2.00 bits per heavy atom. The average molecular weight is 295 g/mol. The molecule has 1 aromatic heterocycles. The zero-order chi connectivity index (χ0) is 14.4. The zero-order valence-corrected chi connectivity index (χ0v) is 13.2. The number of hydrogen-bond donors (Lipinski definition) is 3. The fourth-order valence-corrected chi connectivity index (χ4v) is 3.32. The minimum absolute atomic E-state index is 0.491. The first-order valence-corrected chi connectivity index (χ1v) is 8.65. The molecule has 1 atom stereocenters. The summed E-state index contributed by atoms with van der Waals surface area (Å²) in [6.07, 6.45) is 9.85. The van der Waals surface area contributed by atoms with E-state index in [4.69, 9.17) is 5.84 Å². The molecule has 4 N–H and O–H groups in total. The molecular formula is C14H25N5S. The number of hydrazine groups is 1. The molecule has 0 saturated heterocycles. The molecule has 1 aromatic rings. The minimum Gasteiger partial charge on any atom is -0.367 e. The van der Waals surface area contributed by atoms with E-state index in [-0.39, 0.29) is 0 Å². The van der Waals surface area contributed by atoms with Crippen LogP contribution >= 0.6 is 11.8 Å². The highest BCUT2D eigenvalue weighted by molar-refractivity contribution is 7.98. The quantitative estimate of drug-likeness (QED) is 0.324. The lowest BCUT2D eigenvalue weighted by Crippen LogP contribution is -2.30. The van der Waals surface area contributed by atoms with Crippen LogP contribution in [0.3, 0.4) is 0 Å². The van der Waals surface area contributed by atoms with Crippen molar-refractivity contribution in [3.05, 3.63) is 6.07 Å². The number of nitrogen functional groups attached to an aromatic ring is 1. The van der Waals surface area contributed by atoms with Crippen LogP contribution in [0.25, 0.3) is 0 Å². The monoisotopic (exact) mass is 295 g/mol. The molecule has 1 aliphatic rings. The summed E-state index contributed by atoms with van der Waals surface area (Å²) >= 11 is 1.52. The summed E-state index contributed by atoms with van der Waals surface area (Å²) in [5.41, 5.74) is 2.61. The lowest BCUT2D eigenvalue weighted by molar-refractivity contribution is 0.312. The van der Waals surface area contributed by atoms with Gasteiger partial charge in [-0.2, -0.15) is 0 Å². The van der Waals surface area contributed by atoms with Crippen LogP contribution in [-0.2, 0) is 0 Å². The van der Waals surface area contributed by atoms with Crippen molar-refractivity contribution in [2.45, 2.75) is 56.6 Å². The van der Waals surface area contributed by atoms with E-state index in [9.17, 15) is 0 Å². The van der Waals surface area contributed by atoms with Gasteiger partial charge in [-0.15, -0.1) is 0 Å². The van der Waals surface area contributed by atoms with Gasteiger partial charge in [-0.1, -0.05) is 37.9 Å². The van der Waals surface area contributed by atoms with Gasteiger partial charge < -0.3 is 10.7 Å². The van der Waals surface area contributed by atoms with Gasteiger partial charge in [0.15, 0.2) is 5.16 Å². The Morgan fingerprint density at radius 3 is 2.60 bits per heavy atom. The number of nitrogens with zero attached hydrogens (tertiary/aromatic N) is 2. The molecule has 2 rings (SSSR count). The minimum atomic E-state index is 0.491. The van der Waals surface area contributed by atoms with E-state index in [0.717, 1.165) is 23.3 Å². The van der Waals surface area contributed by atoms with Crippen molar-refractivity contribution in [1.29, 1.82) is 0 Å². The number of thioether (sulfide) groups is 1. The van der Waals surface area contributed by atoms with Crippen molar-refractivity contribution in [3.8, 4) is 0 Å². The van der Waals surface area contributed by atoms with Gasteiger partial charge in [-0.3, -0.25) is 0 Å². The Bertz CT molecular complexity index is 398. The lowest BCUT2D eigenvalue weighted by atomic mass is 9.83. The van der Waals surface area contributed by atoms with Crippen LogP contribution in [0.15, 0.2) is 11.2 Å². The van der Waals surface area contributed by atoms with Gasteiger partial charge in [0.1, 0.15) is 11.6 Å². The number of aromatic nitrogens is 2. The summed E-state index contributed by atoms with van der Waals surface area (Å²) in [6.45, 7) is 2.24. The normalized spacial score (nSPS) is 17.8.